The molecule has 0 spiro atoms. The lowest BCUT2D eigenvalue weighted by molar-refractivity contribution is 0.324. The topological polar surface area (TPSA) is 75.0 Å². The van der Waals surface area contributed by atoms with E-state index < -0.39 is 0 Å². The molecule has 0 saturated carbocycles. The molecule has 0 aliphatic carbocycles. The Balaban J connectivity index is 1.83. The van der Waals surface area contributed by atoms with E-state index in [9.17, 15) is 0 Å². The highest BCUT2D eigenvalue weighted by Crippen LogP contribution is 2.39. The summed E-state index contributed by atoms with van der Waals surface area (Å²) in [5.74, 6) is 2.53. The molecule has 3 aromatic rings. The molecular weight excluding hydrogens is 412 g/mol. The molecule has 0 aromatic heterocycles. The van der Waals surface area contributed by atoms with Crippen LogP contribution in [0.15, 0.2) is 59.5 Å². The van der Waals surface area contributed by atoms with Crippen LogP contribution in [0.2, 0.25) is 0 Å². The average molecular weight is 439 g/mol. The number of ether oxygens (including phenoxy) is 4. The van der Waals surface area contributed by atoms with E-state index in [1.807, 2.05) is 66.7 Å². The van der Waals surface area contributed by atoms with Gasteiger partial charge in [0.2, 0.25) is 5.75 Å². The van der Waals surface area contributed by atoms with Crippen molar-refractivity contribution in [3.05, 3.63) is 65.7 Å². The number of nitrogens with one attached hydrogen (secondary N) is 1. The second-order valence-corrected chi connectivity index (χ2v) is 7.41. The molecule has 0 amide bonds. The van der Waals surface area contributed by atoms with E-state index in [0.717, 1.165) is 33.1 Å². The Kier molecular flexibility index (Phi) is 7.56. The van der Waals surface area contributed by atoms with Crippen LogP contribution in [0.25, 0.3) is 12.2 Å². The van der Waals surface area contributed by atoms with Gasteiger partial charge in [-0.25, -0.2) is 0 Å². The third kappa shape index (κ3) is 5.58. The van der Waals surface area contributed by atoms with Crippen LogP contribution in [-0.2, 0) is 0 Å². The number of hydrogen-bond acceptors (Lipinski definition) is 7. The van der Waals surface area contributed by atoms with E-state index in [0.29, 0.717) is 17.2 Å². The molecule has 0 unspecified atom stereocenters. The van der Waals surface area contributed by atoms with Crippen LogP contribution in [0.1, 0.15) is 11.1 Å². The van der Waals surface area contributed by atoms with Crippen molar-refractivity contribution in [3.63, 3.8) is 0 Å². The summed E-state index contributed by atoms with van der Waals surface area (Å²) in [6.45, 7) is 0. The summed E-state index contributed by atoms with van der Waals surface area (Å²) in [5.41, 5.74) is 9.38. The third-order valence-electron chi connectivity index (χ3n) is 4.52. The maximum atomic E-state index is 5.86. The second-order valence-electron chi connectivity index (χ2n) is 6.53. The van der Waals surface area contributed by atoms with Gasteiger partial charge in [-0.15, -0.1) is 0 Å². The van der Waals surface area contributed by atoms with E-state index in [-0.39, 0.29) is 0 Å². The predicted molar refractivity (Wildman–Crippen MR) is 128 cm³/mol. The molecule has 31 heavy (non-hydrogen) atoms. The molecule has 0 bridgehead atoms. The molecule has 7 heteroatoms. The molecule has 162 valence electrons. The van der Waals surface area contributed by atoms with Gasteiger partial charge in [-0.1, -0.05) is 24.3 Å². The van der Waals surface area contributed by atoms with Crippen LogP contribution >= 0.6 is 11.9 Å². The quantitative estimate of drug-likeness (QED) is 0.256. The van der Waals surface area contributed by atoms with Gasteiger partial charge in [0.1, 0.15) is 5.75 Å². The van der Waals surface area contributed by atoms with Gasteiger partial charge in [-0.2, -0.15) is 0 Å². The van der Waals surface area contributed by atoms with Crippen molar-refractivity contribution < 1.29 is 18.9 Å². The van der Waals surface area contributed by atoms with Gasteiger partial charge in [0.05, 0.1) is 34.1 Å². The summed E-state index contributed by atoms with van der Waals surface area (Å²) in [6, 6.07) is 17.4. The largest absolute Gasteiger partial charge is 0.495 e. The Hall–Kier alpha value is -3.45. The van der Waals surface area contributed by atoms with E-state index in [1.54, 1.807) is 28.4 Å². The first kappa shape index (κ1) is 22.2. The number of benzene rings is 3. The van der Waals surface area contributed by atoms with Crippen molar-refractivity contribution in [2.75, 3.05) is 38.9 Å². The molecule has 0 atom stereocenters. The van der Waals surface area contributed by atoms with Crippen LogP contribution in [0.5, 0.6) is 23.0 Å². The van der Waals surface area contributed by atoms with Gasteiger partial charge >= 0.3 is 0 Å². The number of methoxy groups -OCH3 is 4. The van der Waals surface area contributed by atoms with E-state index in [2.05, 4.69) is 4.72 Å². The van der Waals surface area contributed by atoms with Gasteiger partial charge in [-0.3, -0.25) is 0 Å². The second kappa shape index (κ2) is 10.5. The molecule has 3 N–H and O–H groups in total. The van der Waals surface area contributed by atoms with Crippen LogP contribution in [0, 0.1) is 0 Å². The third-order valence-corrected chi connectivity index (χ3v) is 5.33. The lowest BCUT2D eigenvalue weighted by atomic mass is 10.1. The molecule has 3 rings (SSSR count). The normalized spacial score (nSPS) is 10.7. The Labute approximate surface area is 187 Å². The molecule has 0 aliphatic rings. The van der Waals surface area contributed by atoms with E-state index in [1.165, 1.54) is 11.9 Å². The monoisotopic (exact) mass is 438 g/mol. The number of anilines is 2. The Bertz CT molecular complexity index is 1040. The van der Waals surface area contributed by atoms with Gasteiger partial charge in [0.25, 0.3) is 0 Å². The van der Waals surface area contributed by atoms with Crippen molar-refractivity contribution in [2.45, 2.75) is 4.90 Å². The molecule has 0 fully saturated rings. The lowest BCUT2D eigenvalue weighted by Gasteiger charge is -2.13. The summed E-state index contributed by atoms with van der Waals surface area (Å²) >= 11 is 1.47. The molecule has 0 aliphatic heterocycles. The van der Waals surface area contributed by atoms with Crippen LogP contribution in [-0.4, -0.2) is 28.4 Å². The summed E-state index contributed by atoms with van der Waals surface area (Å²) in [5, 5.41) is 0. The summed E-state index contributed by atoms with van der Waals surface area (Å²) < 4.78 is 25.1. The molecule has 6 nitrogen and oxygen atoms in total. The summed E-state index contributed by atoms with van der Waals surface area (Å²) in [4.78, 5) is 1.01. The smallest absolute Gasteiger partial charge is 0.203 e. The first-order valence-corrected chi connectivity index (χ1v) is 10.3. The van der Waals surface area contributed by atoms with Crippen molar-refractivity contribution in [1.82, 2.24) is 0 Å². The molecule has 0 radical (unpaired) electrons. The zero-order chi connectivity index (χ0) is 22.2. The minimum atomic E-state index is 0.566. The Morgan fingerprint density at radius 1 is 0.742 bits per heavy atom. The van der Waals surface area contributed by atoms with Gasteiger partial charge in [0, 0.05) is 10.6 Å². The number of rotatable bonds is 9. The minimum absolute atomic E-state index is 0.566. The van der Waals surface area contributed by atoms with Crippen LogP contribution in [0.4, 0.5) is 11.4 Å². The highest BCUT2D eigenvalue weighted by molar-refractivity contribution is 8.00. The van der Waals surface area contributed by atoms with Crippen molar-refractivity contribution in [1.29, 1.82) is 0 Å². The van der Waals surface area contributed by atoms with Crippen molar-refractivity contribution in [3.8, 4) is 23.0 Å². The molecule has 0 heterocycles. The van der Waals surface area contributed by atoms with Crippen molar-refractivity contribution in [2.24, 2.45) is 0 Å². The number of hydrogen-bond donors (Lipinski definition) is 2. The van der Waals surface area contributed by atoms with Crippen LogP contribution in [0.3, 0.4) is 0 Å². The fraction of sp³-hybridized carbons (Fsp3) is 0.167. The predicted octanol–water partition coefficient (Wildman–Crippen LogP) is 5.59. The van der Waals surface area contributed by atoms with E-state index >= 15 is 0 Å². The number of nitrogen functional groups attached to an aromatic ring is 1. The van der Waals surface area contributed by atoms with Crippen LogP contribution < -0.4 is 29.4 Å². The zero-order valence-corrected chi connectivity index (χ0v) is 18.8. The standard InChI is InChI=1S/C24H26N2O4S/c1-27-21-11-10-16(12-20(21)26-31-19-7-5-6-18(25)15-19)8-9-17-13-22(28-2)24(30-4)23(14-17)29-3/h5-15,26H,25H2,1-4H3/b9-8-. The molecule has 3 aromatic carbocycles. The zero-order valence-electron chi connectivity index (χ0n) is 18.0. The Morgan fingerprint density at radius 3 is 2.03 bits per heavy atom. The highest BCUT2D eigenvalue weighted by Gasteiger charge is 2.12. The Morgan fingerprint density at radius 2 is 1.42 bits per heavy atom. The maximum Gasteiger partial charge on any atom is 0.203 e. The highest BCUT2D eigenvalue weighted by atomic mass is 32.2. The lowest BCUT2D eigenvalue weighted by Crippen LogP contribution is -1.95. The fourth-order valence-electron chi connectivity index (χ4n) is 2.99. The molecular formula is C24H26N2O4S. The van der Waals surface area contributed by atoms with Gasteiger partial charge in [0.15, 0.2) is 11.5 Å². The van der Waals surface area contributed by atoms with Gasteiger partial charge in [-0.05, 0) is 65.5 Å². The first-order chi connectivity index (χ1) is 15.1. The number of nitrogens with two attached hydrogens (primary N) is 1. The van der Waals surface area contributed by atoms with Crippen molar-refractivity contribution >= 4 is 35.5 Å². The van der Waals surface area contributed by atoms with E-state index in [4.69, 9.17) is 24.7 Å². The van der Waals surface area contributed by atoms with Gasteiger partial charge < -0.3 is 29.4 Å². The minimum Gasteiger partial charge on any atom is -0.495 e. The molecule has 0 saturated heterocycles. The fourth-order valence-corrected chi connectivity index (χ4v) is 3.72. The first-order valence-electron chi connectivity index (χ1n) is 9.52. The SMILES string of the molecule is COc1ccc(/C=C\c2cc(OC)c(OC)c(OC)c2)cc1NSc1cccc(N)c1. The average Bonchev–Trinajstić information content (AvgIpc) is 2.80. The maximum absolute atomic E-state index is 5.86. The summed E-state index contributed by atoms with van der Waals surface area (Å²) in [6.07, 6.45) is 4.00. The summed E-state index contributed by atoms with van der Waals surface area (Å²) in [7, 11) is 6.44.